The molecule has 1 heterocycles. The summed E-state index contributed by atoms with van der Waals surface area (Å²) in [5, 5.41) is 3.35. The average Bonchev–Trinajstić information content (AvgIpc) is 2.43. The monoisotopic (exact) mass is 282 g/mol. The number of hydrogen-bond donors (Lipinski definition) is 1. The van der Waals surface area contributed by atoms with E-state index in [1.807, 2.05) is 18.9 Å². The zero-order valence-electron chi connectivity index (χ0n) is 13.4. The Kier molecular flexibility index (Phi) is 5.08. The normalized spacial score (nSPS) is 29.8. The summed E-state index contributed by atoms with van der Waals surface area (Å²) >= 11 is 0. The van der Waals surface area contributed by atoms with E-state index in [0.29, 0.717) is 30.4 Å². The summed E-state index contributed by atoms with van der Waals surface area (Å²) in [6.45, 7) is 9.35. The molecule has 2 fully saturated rings. The Balaban J connectivity index is 1.84. The van der Waals surface area contributed by atoms with Gasteiger partial charge in [-0.1, -0.05) is 13.8 Å². The number of amides is 1. The highest BCUT2D eigenvalue weighted by Crippen LogP contribution is 2.45. The largest absolute Gasteiger partial charge is 0.378 e. The van der Waals surface area contributed by atoms with E-state index in [1.165, 1.54) is 0 Å². The van der Waals surface area contributed by atoms with Gasteiger partial charge in [0.15, 0.2) is 0 Å². The van der Waals surface area contributed by atoms with Crippen LogP contribution in [-0.2, 0) is 9.53 Å². The third-order valence-corrected chi connectivity index (χ3v) is 5.28. The topological polar surface area (TPSA) is 41.6 Å². The Bertz CT molecular complexity index is 337. The van der Waals surface area contributed by atoms with Crippen LogP contribution in [0.2, 0.25) is 0 Å². The molecule has 2 aliphatic rings. The van der Waals surface area contributed by atoms with Crippen LogP contribution in [0.4, 0.5) is 0 Å². The molecule has 1 aliphatic heterocycles. The number of nitrogens with zero attached hydrogens (tertiary/aromatic N) is 1. The van der Waals surface area contributed by atoms with E-state index in [4.69, 9.17) is 4.74 Å². The van der Waals surface area contributed by atoms with Gasteiger partial charge in [-0.05, 0) is 45.2 Å². The summed E-state index contributed by atoms with van der Waals surface area (Å²) in [7, 11) is 1.97. The van der Waals surface area contributed by atoms with Gasteiger partial charge in [0.1, 0.15) is 0 Å². The maximum absolute atomic E-state index is 12.5. The van der Waals surface area contributed by atoms with Gasteiger partial charge >= 0.3 is 0 Å². The van der Waals surface area contributed by atoms with Gasteiger partial charge in [0.25, 0.3) is 0 Å². The first-order valence-corrected chi connectivity index (χ1v) is 8.04. The molecular weight excluding hydrogens is 252 g/mol. The standard InChI is InChI=1S/C16H30N2O2/c1-5-20-14-11-13(16(14,2)3)18(4)15(19)10-12-6-8-17-9-7-12/h12-14,17H,5-11H2,1-4H3/t13-,14+/m1/s1. The molecule has 0 radical (unpaired) electrons. The van der Waals surface area contributed by atoms with E-state index in [0.717, 1.165) is 39.0 Å². The second-order valence-corrected chi connectivity index (χ2v) is 6.92. The molecule has 1 saturated heterocycles. The van der Waals surface area contributed by atoms with Gasteiger partial charge in [-0.3, -0.25) is 4.79 Å². The molecule has 1 amide bonds. The SMILES string of the molecule is CCO[C@H]1C[C@@H](N(C)C(=O)CC2CCNCC2)C1(C)C. The fraction of sp³-hybridized carbons (Fsp3) is 0.938. The lowest BCUT2D eigenvalue weighted by Gasteiger charge is -2.55. The predicted octanol–water partition coefficient (Wildman–Crippen LogP) is 2.04. The number of rotatable bonds is 5. The molecule has 0 unspecified atom stereocenters. The van der Waals surface area contributed by atoms with E-state index in [-0.39, 0.29) is 5.41 Å². The lowest BCUT2D eigenvalue weighted by molar-refractivity contribution is -0.164. The average molecular weight is 282 g/mol. The second-order valence-electron chi connectivity index (χ2n) is 6.92. The number of piperidine rings is 1. The maximum atomic E-state index is 12.5. The summed E-state index contributed by atoms with van der Waals surface area (Å²) < 4.78 is 5.76. The van der Waals surface area contributed by atoms with Gasteiger partial charge in [-0.15, -0.1) is 0 Å². The third kappa shape index (κ3) is 3.17. The van der Waals surface area contributed by atoms with E-state index >= 15 is 0 Å². The van der Waals surface area contributed by atoms with E-state index in [2.05, 4.69) is 19.2 Å². The third-order valence-electron chi connectivity index (χ3n) is 5.28. The highest BCUT2D eigenvalue weighted by molar-refractivity contribution is 5.76. The molecule has 2 atom stereocenters. The van der Waals surface area contributed by atoms with Gasteiger partial charge in [-0.25, -0.2) is 0 Å². The smallest absolute Gasteiger partial charge is 0.222 e. The molecule has 0 aromatic rings. The van der Waals surface area contributed by atoms with Gasteiger partial charge in [0.2, 0.25) is 5.91 Å². The summed E-state index contributed by atoms with van der Waals surface area (Å²) in [6, 6.07) is 0.327. The second kappa shape index (κ2) is 6.44. The molecule has 2 rings (SSSR count). The molecule has 4 heteroatoms. The van der Waals surface area contributed by atoms with Crippen LogP contribution < -0.4 is 5.32 Å². The van der Waals surface area contributed by atoms with Crippen LogP contribution >= 0.6 is 0 Å². The fourth-order valence-electron chi connectivity index (χ4n) is 3.66. The van der Waals surface area contributed by atoms with Crippen molar-refractivity contribution in [2.24, 2.45) is 11.3 Å². The zero-order valence-corrected chi connectivity index (χ0v) is 13.4. The molecule has 0 bridgehead atoms. The molecular formula is C16H30N2O2. The first kappa shape index (κ1) is 15.8. The van der Waals surface area contributed by atoms with Crippen LogP contribution in [0.1, 0.15) is 46.5 Å². The minimum absolute atomic E-state index is 0.0779. The van der Waals surface area contributed by atoms with Gasteiger partial charge in [-0.2, -0.15) is 0 Å². The van der Waals surface area contributed by atoms with Crippen molar-refractivity contribution in [2.45, 2.75) is 58.6 Å². The van der Waals surface area contributed by atoms with E-state index < -0.39 is 0 Å². The fourth-order valence-corrected chi connectivity index (χ4v) is 3.66. The van der Waals surface area contributed by atoms with Crippen LogP contribution in [0, 0.1) is 11.3 Å². The predicted molar refractivity (Wildman–Crippen MR) is 80.6 cm³/mol. The van der Waals surface area contributed by atoms with E-state index in [9.17, 15) is 4.79 Å². The molecule has 1 N–H and O–H groups in total. The Morgan fingerprint density at radius 2 is 2.00 bits per heavy atom. The van der Waals surface area contributed by atoms with Crippen molar-refractivity contribution >= 4 is 5.91 Å². The highest BCUT2D eigenvalue weighted by Gasteiger charge is 2.51. The van der Waals surface area contributed by atoms with Crippen molar-refractivity contribution < 1.29 is 9.53 Å². The highest BCUT2D eigenvalue weighted by atomic mass is 16.5. The molecule has 0 aromatic heterocycles. The van der Waals surface area contributed by atoms with Crippen LogP contribution in [0.3, 0.4) is 0 Å². The van der Waals surface area contributed by atoms with Crippen molar-refractivity contribution in [1.82, 2.24) is 10.2 Å². The Hall–Kier alpha value is -0.610. The summed E-state index contributed by atoms with van der Waals surface area (Å²) in [6.07, 6.45) is 4.26. The Morgan fingerprint density at radius 1 is 1.35 bits per heavy atom. The minimum Gasteiger partial charge on any atom is -0.378 e. The first-order chi connectivity index (χ1) is 9.46. The summed E-state index contributed by atoms with van der Waals surface area (Å²) in [5.41, 5.74) is 0.0779. The van der Waals surface area contributed by atoms with Crippen molar-refractivity contribution in [3.05, 3.63) is 0 Å². The summed E-state index contributed by atoms with van der Waals surface area (Å²) in [4.78, 5) is 14.4. The number of nitrogens with one attached hydrogen (secondary N) is 1. The van der Waals surface area contributed by atoms with Crippen LogP contribution in [0.25, 0.3) is 0 Å². The van der Waals surface area contributed by atoms with Crippen LogP contribution in [0.5, 0.6) is 0 Å². The molecule has 4 nitrogen and oxygen atoms in total. The molecule has 116 valence electrons. The van der Waals surface area contributed by atoms with Gasteiger partial charge in [0, 0.05) is 31.5 Å². The van der Waals surface area contributed by atoms with Gasteiger partial charge in [0.05, 0.1) is 6.10 Å². The van der Waals surface area contributed by atoms with Crippen molar-refractivity contribution in [1.29, 1.82) is 0 Å². The molecule has 1 saturated carbocycles. The minimum atomic E-state index is 0.0779. The molecule has 20 heavy (non-hydrogen) atoms. The van der Waals surface area contributed by atoms with Crippen molar-refractivity contribution in [3.8, 4) is 0 Å². The van der Waals surface area contributed by atoms with Crippen LogP contribution in [-0.4, -0.2) is 49.7 Å². The number of ether oxygens (including phenoxy) is 1. The van der Waals surface area contributed by atoms with E-state index in [1.54, 1.807) is 0 Å². The Labute approximate surface area is 123 Å². The quantitative estimate of drug-likeness (QED) is 0.839. The summed E-state index contributed by atoms with van der Waals surface area (Å²) in [5.74, 6) is 0.877. The number of carbonyl (C=O) groups is 1. The molecule has 0 spiro atoms. The molecule has 0 aromatic carbocycles. The Morgan fingerprint density at radius 3 is 2.55 bits per heavy atom. The van der Waals surface area contributed by atoms with Crippen molar-refractivity contribution in [3.63, 3.8) is 0 Å². The van der Waals surface area contributed by atoms with Crippen LogP contribution in [0.15, 0.2) is 0 Å². The number of carbonyl (C=O) groups excluding carboxylic acids is 1. The maximum Gasteiger partial charge on any atom is 0.222 e. The lowest BCUT2D eigenvalue weighted by Crippen LogP contribution is -2.62. The first-order valence-electron chi connectivity index (χ1n) is 8.04. The zero-order chi connectivity index (χ0) is 14.8. The number of hydrogen-bond acceptors (Lipinski definition) is 3. The lowest BCUT2D eigenvalue weighted by atomic mass is 9.63. The van der Waals surface area contributed by atoms with Crippen molar-refractivity contribution in [2.75, 3.05) is 26.7 Å². The van der Waals surface area contributed by atoms with Gasteiger partial charge < -0.3 is 15.0 Å². The molecule has 1 aliphatic carbocycles.